The molecule has 0 unspecified atom stereocenters. The van der Waals surface area contributed by atoms with Gasteiger partial charge in [-0.15, -0.1) is 0 Å². The molecule has 120 valence electrons. The van der Waals surface area contributed by atoms with Crippen molar-refractivity contribution in [2.75, 3.05) is 37.0 Å². The first-order chi connectivity index (χ1) is 9.93. The van der Waals surface area contributed by atoms with Gasteiger partial charge in [0.2, 0.25) is 0 Å². The van der Waals surface area contributed by atoms with E-state index in [9.17, 15) is 0 Å². The monoisotopic (exact) mass is 309 g/mol. The normalized spacial score (nSPS) is 11.4. The highest BCUT2D eigenvalue weighted by atomic mass is 32.2. The number of nitrogens with zero attached hydrogens (tertiary/aromatic N) is 2. The summed E-state index contributed by atoms with van der Waals surface area (Å²) in [6.45, 7) is 11.9. The van der Waals surface area contributed by atoms with Gasteiger partial charge in [0, 0.05) is 31.6 Å². The molecule has 0 bridgehead atoms. The zero-order valence-electron chi connectivity index (χ0n) is 14.4. The molecule has 1 rings (SSSR count). The first-order valence-corrected chi connectivity index (χ1v) is 9.25. The molecule has 0 aliphatic carbocycles. The van der Waals surface area contributed by atoms with E-state index < -0.39 is 0 Å². The van der Waals surface area contributed by atoms with Gasteiger partial charge >= 0.3 is 0 Å². The highest BCUT2D eigenvalue weighted by Gasteiger charge is 2.09. The van der Waals surface area contributed by atoms with Crippen molar-refractivity contribution in [2.24, 2.45) is 5.92 Å². The minimum atomic E-state index is 0.461. The third-order valence-electron chi connectivity index (χ3n) is 3.39. The Labute approximate surface area is 134 Å². The van der Waals surface area contributed by atoms with Crippen LogP contribution >= 0.6 is 11.8 Å². The first-order valence-electron chi connectivity index (χ1n) is 7.85. The lowest BCUT2D eigenvalue weighted by molar-refractivity contribution is 0.552. The number of nitrogens with one attached hydrogen (secondary N) is 1. The molecule has 1 aromatic heterocycles. The second kappa shape index (κ2) is 9.31. The summed E-state index contributed by atoms with van der Waals surface area (Å²) in [7, 11) is 2.13. The van der Waals surface area contributed by atoms with Crippen molar-refractivity contribution in [3.8, 4) is 0 Å². The van der Waals surface area contributed by atoms with Gasteiger partial charge in [0.15, 0.2) is 0 Å². The average molecular weight is 310 g/mol. The number of thioether (sulfide) groups is 1. The molecule has 0 saturated carbocycles. The van der Waals surface area contributed by atoms with Crippen LogP contribution in [0.2, 0.25) is 0 Å². The summed E-state index contributed by atoms with van der Waals surface area (Å²) in [5.74, 6) is 3.37. The topological polar surface area (TPSA) is 28.2 Å². The molecular formula is C17H31N3S. The van der Waals surface area contributed by atoms with Crippen molar-refractivity contribution < 1.29 is 0 Å². The summed E-state index contributed by atoms with van der Waals surface area (Å²) in [5, 5.41) is 3.53. The van der Waals surface area contributed by atoms with Crippen LogP contribution in [0.25, 0.3) is 0 Å². The molecule has 0 amide bonds. The van der Waals surface area contributed by atoms with Crippen molar-refractivity contribution in [1.29, 1.82) is 0 Å². The molecule has 0 fully saturated rings. The van der Waals surface area contributed by atoms with Crippen molar-refractivity contribution in [3.63, 3.8) is 0 Å². The lowest BCUT2D eigenvalue weighted by atomic mass is 10.1. The number of hydrogen-bond donors (Lipinski definition) is 1. The first kappa shape index (κ1) is 18.3. The van der Waals surface area contributed by atoms with Crippen LogP contribution in [0, 0.1) is 5.92 Å². The Kier molecular flexibility index (Phi) is 8.12. The minimum Gasteiger partial charge on any atom is -0.359 e. The molecule has 0 saturated heterocycles. The van der Waals surface area contributed by atoms with E-state index in [-0.39, 0.29) is 0 Å². The van der Waals surface area contributed by atoms with Gasteiger partial charge in [-0.3, -0.25) is 0 Å². The van der Waals surface area contributed by atoms with E-state index in [1.807, 2.05) is 11.8 Å². The van der Waals surface area contributed by atoms with E-state index >= 15 is 0 Å². The van der Waals surface area contributed by atoms with Crippen molar-refractivity contribution in [3.05, 3.63) is 23.4 Å². The van der Waals surface area contributed by atoms with Gasteiger partial charge in [-0.2, -0.15) is 11.8 Å². The predicted octanol–water partition coefficient (Wildman–Crippen LogP) is 3.75. The predicted molar refractivity (Wildman–Crippen MR) is 96.5 cm³/mol. The van der Waals surface area contributed by atoms with Gasteiger partial charge in [0.05, 0.1) is 0 Å². The Morgan fingerprint density at radius 2 is 1.95 bits per heavy atom. The fourth-order valence-corrected chi connectivity index (χ4v) is 2.49. The highest BCUT2D eigenvalue weighted by Crippen LogP contribution is 2.20. The molecule has 21 heavy (non-hydrogen) atoms. The second-order valence-electron chi connectivity index (χ2n) is 6.35. The van der Waals surface area contributed by atoms with E-state index in [0.717, 1.165) is 31.2 Å². The standard InChI is InChI=1S/C17H31N3S/c1-13(2)11-18-12-15-9-16(14(3)4)19-17(10-15)20(5)7-8-21-6/h9-10,13-14,18H,7-8,11-12H2,1-6H3. The Morgan fingerprint density at radius 3 is 2.52 bits per heavy atom. The van der Waals surface area contributed by atoms with Crippen LogP contribution in [0.4, 0.5) is 5.82 Å². The van der Waals surface area contributed by atoms with E-state index in [2.05, 4.69) is 63.3 Å². The van der Waals surface area contributed by atoms with Crippen molar-refractivity contribution in [1.82, 2.24) is 10.3 Å². The molecule has 0 aromatic carbocycles. The maximum Gasteiger partial charge on any atom is 0.128 e. The van der Waals surface area contributed by atoms with Gasteiger partial charge < -0.3 is 10.2 Å². The van der Waals surface area contributed by atoms with Crippen molar-refractivity contribution >= 4 is 17.6 Å². The summed E-state index contributed by atoms with van der Waals surface area (Å²) < 4.78 is 0. The van der Waals surface area contributed by atoms with Gasteiger partial charge in [0.1, 0.15) is 5.82 Å². The van der Waals surface area contributed by atoms with Crippen LogP contribution < -0.4 is 10.2 Å². The number of pyridine rings is 1. The fourth-order valence-electron chi connectivity index (χ4n) is 2.04. The maximum absolute atomic E-state index is 4.82. The zero-order valence-corrected chi connectivity index (χ0v) is 15.3. The second-order valence-corrected chi connectivity index (χ2v) is 7.34. The van der Waals surface area contributed by atoms with Gasteiger partial charge in [-0.05, 0) is 42.3 Å². The van der Waals surface area contributed by atoms with E-state index in [0.29, 0.717) is 11.8 Å². The molecule has 1 heterocycles. The largest absolute Gasteiger partial charge is 0.359 e. The van der Waals surface area contributed by atoms with Crippen LogP contribution in [0.1, 0.15) is 44.9 Å². The number of rotatable bonds is 9. The molecule has 0 radical (unpaired) electrons. The van der Waals surface area contributed by atoms with Crippen LogP contribution in [0.5, 0.6) is 0 Å². The van der Waals surface area contributed by atoms with Crippen LogP contribution in [0.3, 0.4) is 0 Å². The number of hydrogen-bond acceptors (Lipinski definition) is 4. The molecular weight excluding hydrogens is 278 g/mol. The third kappa shape index (κ3) is 6.70. The molecule has 0 aliphatic rings. The molecule has 1 N–H and O–H groups in total. The summed E-state index contributed by atoms with van der Waals surface area (Å²) in [6.07, 6.45) is 2.15. The lowest BCUT2D eigenvalue weighted by Gasteiger charge is -2.20. The molecule has 0 spiro atoms. The summed E-state index contributed by atoms with van der Waals surface area (Å²) in [4.78, 5) is 7.08. The Balaban J connectivity index is 2.84. The van der Waals surface area contributed by atoms with Crippen LogP contribution in [-0.4, -0.2) is 37.1 Å². The molecule has 3 nitrogen and oxygen atoms in total. The number of anilines is 1. The SMILES string of the molecule is CSCCN(C)c1cc(CNCC(C)C)cc(C(C)C)n1. The molecule has 4 heteroatoms. The summed E-state index contributed by atoms with van der Waals surface area (Å²) in [6, 6.07) is 4.46. The van der Waals surface area contributed by atoms with Crippen LogP contribution in [0.15, 0.2) is 12.1 Å². The van der Waals surface area contributed by atoms with Gasteiger partial charge in [-0.25, -0.2) is 4.98 Å². The quantitative estimate of drug-likeness (QED) is 0.752. The zero-order chi connectivity index (χ0) is 15.8. The fraction of sp³-hybridized carbons (Fsp3) is 0.706. The van der Waals surface area contributed by atoms with Gasteiger partial charge in [-0.1, -0.05) is 27.7 Å². The minimum absolute atomic E-state index is 0.461. The van der Waals surface area contributed by atoms with E-state index in [4.69, 9.17) is 4.98 Å². The summed E-state index contributed by atoms with van der Waals surface area (Å²) >= 11 is 1.87. The summed E-state index contributed by atoms with van der Waals surface area (Å²) in [5.41, 5.74) is 2.52. The third-order valence-corrected chi connectivity index (χ3v) is 3.98. The Morgan fingerprint density at radius 1 is 1.24 bits per heavy atom. The van der Waals surface area contributed by atoms with E-state index in [1.54, 1.807) is 0 Å². The average Bonchev–Trinajstić information content (AvgIpc) is 2.43. The smallest absolute Gasteiger partial charge is 0.128 e. The highest BCUT2D eigenvalue weighted by molar-refractivity contribution is 7.98. The Hall–Kier alpha value is -0.740. The van der Waals surface area contributed by atoms with Gasteiger partial charge in [0.25, 0.3) is 0 Å². The maximum atomic E-state index is 4.82. The lowest BCUT2D eigenvalue weighted by Crippen LogP contribution is -2.23. The van der Waals surface area contributed by atoms with E-state index in [1.165, 1.54) is 11.3 Å². The number of aromatic nitrogens is 1. The molecule has 0 aliphatic heterocycles. The molecule has 1 aromatic rings. The Bertz CT molecular complexity index is 418. The molecule has 0 atom stereocenters. The van der Waals surface area contributed by atoms with Crippen LogP contribution in [-0.2, 0) is 6.54 Å². The van der Waals surface area contributed by atoms with Crippen molar-refractivity contribution in [2.45, 2.75) is 40.2 Å².